The molecular weight excluding hydrogens is 304 g/mol. The van der Waals surface area contributed by atoms with Crippen LogP contribution < -0.4 is 20.9 Å². The lowest BCUT2D eigenvalue weighted by Gasteiger charge is -2.21. The Hall–Kier alpha value is -3.09. The third-order valence-electron chi connectivity index (χ3n) is 4.19. The number of pyridine rings is 1. The van der Waals surface area contributed by atoms with E-state index in [0.29, 0.717) is 18.7 Å². The maximum Gasteiger partial charge on any atom is 0.329 e. The Morgan fingerprint density at radius 3 is 2.71 bits per heavy atom. The maximum atomic E-state index is 12.8. The van der Waals surface area contributed by atoms with Crippen LogP contribution in [-0.4, -0.2) is 37.0 Å². The highest BCUT2D eigenvalue weighted by Gasteiger charge is 2.31. The summed E-state index contributed by atoms with van der Waals surface area (Å²) in [7, 11) is 1.77. The van der Waals surface area contributed by atoms with Gasteiger partial charge in [-0.3, -0.25) is 20.2 Å². The SMILES string of the molecule is CNc1cc(N2CCN(c3cnccc3C)C2=O)ccc1C(=N)N. The number of amidine groups is 1. The summed E-state index contributed by atoms with van der Waals surface area (Å²) in [6.07, 6.45) is 3.44. The molecule has 7 heteroatoms. The molecule has 2 aromatic rings. The molecule has 7 nitrogen and oxygen atoms in total. The fourth-order valence-electron chi connectivity index (χ4n) is 2.88. The molecule has 124 valence electrons. The summed E-state index contributed by atoms with van der Waals surface area (Å²) in [4.78, 5) is 20.4. The molecule has 4 N–H and O–H groups in total. The first kappa shape index (κ1) is 15.8. The summed E-state index contributed by atoms with van der Waals surface area (Å²) in [5.41, 5.74) is 9.55. The van der Waals surface area contributed by atoms with Crippen LogP contribution in [-0.2, 0) is 0 Å². The van der Waals surface area contributed by atoms with Crippen LogP contribution in [0, 0.1) is 12.3 Å². The molecule has 1 aromatic carbocycles. The number of nitrogens with one attached hydrogen (secondary N) is 2. The number of carbonyl (C=O) groups is 1. The number of nitrogens with two attached hydrogens (primary N) is 1. The maximum absolute atomic E-state index is 12.8. The molecule has 2 heterocycles. The first-order chi connectivity index (χ1) is 11.5. The minimum Gasteiger partial charge on any atom is -0.387 e. The largest absolute Gasteiger partial charge is 0.387 e. The number of carbonyl (C=O) groups excluding carboxylic acids is 1. The average Bonchev–Trinajstić information content (AvgIpc) is 2.96. The third-order valence-corrected chi connectivity index (χ3v) is 4.19. The molecule has 1 aliphatic heterocycles. The quantitative estimate of drug-likeness (QED) is 0.593. The minimum absolute atomic E-state index is 0.00809. The van der Waals surface area contributed by atoms with E-state index in [1.807, 2.05) is 25.1 Å². The van der Waals surface area contributed by atoms with Gasteiger partial charge in [0.25, 0.3) is 0 Å². The van der Waals surface area contributed by atoms with Crippen LogP contribution in [0.5, 0.6) is 0 Å². The summed E-state index contributed by atoms with van der Waals surface area (Å²) in [5, 5.41) is 10.6. The van der Waals surface area contributed by atoms with Crippen molar-refractivity contribution in [2.75, 3.05) is 35.3 Å². The van der Waals surface area contributed by atoms with Gasteiger partial charge in [0.1, 0.15) is 5.84 Å². The Balaban J connectivity index is 1.91. The van der Waals surface area contributed by atoms with Crippen molar-refractivity contribution in [2.24, 2.45) is 5.73 Å². The fraction of sp³-hybridized carbons (Fsp3) is 0.235. The van der Waals surface area contributed by atoms with Gasteiger partial charge in [-0.1, -0.05) is 0 Å². The predicted molar refractivity (Wildman–Crippen MR) is 96.1 cm³/mol. The Labute approximate surface area is 140 Å². The standard InChI is InChI=1S/C17H20N6O/c1-11-5-6-21-10-15(11)23-8-7-22(17(23)24)12-3-4-13(16(18)19)14(9-12)20-2/h3-6,9-10,20H,7-8H2,1-2H3,(H3,18,19). The monoisotopic (exact) mass is 324 g/mol. The molecule has 2 amide bonds. The van der Waals surface area contributed by atoms with Crippen molar-refractivity contribution in [3.8, 4) is 0 Å². The third kappa shape index (κ3) is 2.64. The van der Waals surface area contributed by atoms with Crippen LogP contribution in [0.3, 0.4) is 0 Å². The van der Waals surface area contributed by atoms with Crippen LogP contribution in [0.15, 0.2) is 36.7 Å². The van der Waals surface area contributed by atoms with Crippen molar-refractivity contribution >= 4 is 28.9 Å². The van der Waals surface area contributed by atoms with Gasteiger partial charge in [0, 0.05) is 43.3 Å². The van der Waals surface area contributed by atoms with Crippen LogP contribution in [0.2, 0.25) is 0 Å². The Morgan fingerprint density at radius 1 is 1.29 bits per heavy atom. The van der Waals surface area contributed by atoms with Crippen molar-refractivity contribution in [2.45, 2.75) is 6.92 Å². The van der Waals surface area contributed by atoms with E-state index in [1.165, 1.54) is 0 Å². The molecule has 1 saturated heterocycles. The highest BCUT2D eigenvalue weighted by molar-refractivity contribution is 6.07. The number of hydrogen-bond acceptors (Lipinski definition) is 4. The van der Waals surface area contributed by atoms with Crippen molar-refractivity contribution in [3.63, 3.8) is 0 Å². The van der Waals surface area contributed by atoms with Crippen LogP contribution in [0.25, 0.3) is 0 Å². The fourth-order valence-corrected chi connectivity index (χ4v) is 2.88. The Morgan fingerprint density at radius 2 is 2.04 bits per heavy atom. The zero-order chi connectivity index (χ0) is 17.3. The smallest absolute Gasteiger partial charge is 0.329 e. The zero-order valence-corrected chi connectivity index (χ0v) is 13.7. The topological polar surface area (TPSA) is 98.3 Å². The second kappa shape index (κ2) is 6.19. The molecule has 0 saturated carbocycles. The molecule has 0 atom stereocenters. The first-order valence-electron chi connectivity index (χ1n) is 7.68. The molecular formula is C17H20N6O. The molecule has 0 aliphatic carbocycles. The van der Waals surface area contributed by atoms with Crippen molar-refractivity contribution in [3.05, 3.63) is 47.8 Å². The number of benzene rings is 1. The van der Waals surface area contributed by atoms with Crippen molar-refractivity contribution in [1.29, 1.82) is 5.41 Å². The first-order valence-corrected chi connectivity index (χ1v) is 7.68. The van der Waals surface area contributed by atoms with E-state index in [1.54, 1.807) is 35.3 Å². The van der Waals surface area contributed by atoms with Gasteiger partial charge >= 0.3 is 6.03 Å². The number of nitrogen functional groups attached to an aromatic ring is 1. The lowest BCUT2D eigenvalue weighted by molar-refractivity contribution is 0.256. The molecule has 0 spiro atoms. The number of urea groups is 1. The average molecular weight is 324 g/mol. The van der Waals surface area contributed by atoms with E-state index in [-0.39, 0.29) is 11.9 Å². The summed E-state index contributed by atoms with van der Waals surface area (Å²) in [6.45, 7) is 3.16. The number of anilines is 3. The van der Waals surface area contributed by atoms with Gasteiger partial charge < -0.3 is 11.1 Å². The van der Waals surface area contributed by atoms with Gasteiger partial charge in [-0.15, -0.1) is 0 Å². The van der Waals surface area contributed by atoms with Gasteiger partial charge in [-0.2, -0.15) is 0 Å². The number of rotatable bonds is 4. The molecule has 0 radical (unpaired) electrons. The lowest BCUT2D eigenvalue weighted by atomic mass is 10.1. The summed E-state index contributed by atoms with van der Waals surface area (Å²) in [6, 6.07) is 7.23. The van der Waals surface area contributed by atoms with Gasteiger partial charge in [0.05, 0.1) is 11.9 Å². The molecule has 0 bridgehead atoms. The van der Waals surface area contributed by atoms with Crippen LogP contribution >= 0.6 is 0 Å². The highest BCUT2D eigenvalue weighted by Crippen LogP contribution is 2.29. The molecule has 3 rings (SSSR count). The van der Waals surface area contributed by atoms with E-state index >= 15 is 0 Å². The van der Waals surface area contributed by atoms with Gasteiger partial charge in [-0.25, -0.2) is 4.79 Å². The number of aromatic nitrogens is 1. The van der Waals surface area contributed by atoms with Crippen LogP contribution in [0.1, 0.15) is 11.1 Å². The summed E-state index contributed by atoms with van der Waals surface area (Å²) in [5.74, 6) is -0.00809. The summed E-state index contributed by atoms with van der Waals surface area (Å²) >= 11 is 0. The molecule has 0 unspecified atom stereocenters. The summed E-state index contributed by atoms with van der Waals surface area (Å²) < 4.78 is 0. The number of amides is 2. The van der Waals surface area contributed by atoms with E-state index in [2.05, 4.69) is 10.3 Å². The number of hydrogen-bond donors (Lipinski definition) is 3. The lowest BCUT2D eigenvalue weighted by Crippen LogP contribution is -2.32. The van der Waals surface area contributed by atoms with Gasteiger partial charge in [-0.05, 0) is 36.8 Å². The van der Waals surface area contributed by atoms with Crippen LogP contribution in [0.4, 0.5) is 21.9 Å². The van der Waals surface area contributed by atoms with Gasteiger partial charge in [0.15, 0.2) is 0 Å². The predicted octanol–water partition coefficient (Wildman–Crippen LogP) is 2.16. The molecule has 1 fully saturated rings. The van der Waals surface area contributed by atoms with E-state index in [0.717, 1.165) is 22.6 Å². The van der Waals surface area contributed by atoms with E-state index < -0.39 is 0 Å². The normalized spacial score (nSPS) is 14.2. The number of nitrogens with zero attached hydrogens (tertiary/aromatic N) is 3. The molecule has 24 heavy (non-hydrogen) atoms. The van der Waals surface area contributed by atoms with E-state index in [9.17, 15) is 4.79 Å². The number of aryl methyl sites for hydroxylation is 1. The zero-order valence-electron chi connectivity index (χ0n) is 13.7. The van der Waals surface area contributed by atoms with Crippen molar-refractivity contribution < 1.29 is 4.79 Å². The second-order valence-corrected chi connectivity index (χ2v) is 5.64. The second-order valence-electron chi connectivity index (χ2n) is 5.64. The van der Waals surface area contributed by atoms with Crippen molar-refractivity contribution in [1.82, 2.24) is 4.98 Å². The Kier molecular flexibility index (Phi) is 4.07. The van der Waals surface area contributed by atoms with E-state index in [4.69, 9.17) is 11.1 Å². The minimum atomic E-state index is -0.0799. The Bertz CT molecular complexity index is 803. The highest BCUT2D eigenvalue weighted by atomic mass is 16.2. The molecule has 1 aromatic heterocycles. The molecule has 1 aliphatic rings. The van der Waals surface area contributed by atoms with Gasteiger partial charge in [0.2, 0.25) is 0 Å².